The lowest BCUT2D eigenvalue weighted by Gasteiger charge is -2.31. The van der Waals surface area contributed by atoms with Gasteiger partial charge in [0, 0.05) is 23.1 Å². The van der Waals surface area contributed by atoms with Crippen LogP contribution in [0, 0.1) is 6.92 Å². The predicted molar refractivity (Wildman–Crippen MR) is 86.8 cm³/mol. The summed E-state index contributed by atoms with van der Waals surface area (Å²) in [5.74, 6) is 0. The van der Waals surface area contributed by atoms with E-state index in [-0.39, 0.29) is 6.04 Å². The van der Waals surface area contributed by atoms with Gasteiger partial charge in [0.1, 0.15) is 0 Å². The van der Waals surface area contributed by atoms with Crippen LogP contribution in [0.5, 0.6) is 0 Å². The summed E-state index contributed by atoms with van der Waals surface area (Å²) < 4.78 is 2.25. The van der Waals surface area contributed by atoms with Crippen molar-refractivity contribution in [3.8, 4) is 5.69 Å². The number of nitrogens with one attached hydrogen (secondary N) is 1. The number of aromatic nitrogens is 1. The number of hydrogen-bond acceptors (Lipinski definition) is 2. The molecule has 0 amide bonds. The van der Waals surface area contributed by atoms with Gasteiger partial charge in [-0.15, -0.1) is 0 Å². The summed E-state index contributed by atoms with van der Waals surface area (Å²) in [7, 11) is 0. The number of rotatable bonds is 1. The Morgan fingerprint density at radius 3 is 2.71 bits per heavy atom. The van der Waals surface area contributed by atoms with Gasteiger partial charge in [-0.25, -0.2) is 0 Å². The van der Waals surface area contributed by atoms with Crippen LogP contribution < -0.4 is 11.1 Å². The fourth-order valence-electron chi connectivity index (χ4n) is 3.12. The first kappa shape index (κ1) is 12.1. The summed E-state index contributed by atoms with van der Waals surface area (Å²) in [4.78, 5) is 0. The smallest absolute Gasteiger partial charge is 0.0944 e. The second-order valence-corrected chi connectivity index (χ2v) is 5.48. The molecule has 1 unspecified atom stereocenters. The number of hydrogen-bond donors (Lipinski definition) is 2. The van der Waals surface area contributed by atoms with Crippen molar-refractivity contribution < 1.29 is 0 Å². The molecule has 0 saturated heterocycles. The number of anilines is 2. The highest BCUT2D eigenvalue weighted by Gasteiger charge is 2.26. The SMILES string of the molecule is Cc1cccc2c1NC(c1ccccc1N)c1cccn1-2. The molecule has 104 valence electrons. The van der Waals surface area contributed by atoms with Gasteiger partial charge in [0.2, 0.25) is 0 Å². The third-order valence-electron chi connectivity index (χ3n) is 4.18. The normalized spacial score (nSPS) is 16.0. The Bertz CT molecular complexity index is 817. The van der Waals surface area contributed by atoms with E-state index in [1.165, 1.54) is 22.6 Å². The van der Waals surface area contributed by atoms with Gasteiger partial charge in [-0.3, -0.25) is 0 Å². The van der Waals surface area contributed by atoms with Gasteiger partial charge in [-0.05, 0) is 36.8 Å². The number of fused-ring (bicyclic) bond motifs is 3. The van der Waals surface area contributed by atoms with Crippen molar-refractivity contribution in [1.82, 2.24) is 4.57 Å². The molecular weight excluding hydrogens is 258 g/mol. The summed E-state index contributed by atoms with van der Waals surface area (Å²) in [6.07, 6.45) is 2.11. The van der Waals surface area contributed by atoms with Crippen molar-refractivity contribution >= 4 is 11.4 Å². The second kappa shape index (κ2) is 4.42. The molecule has 3 heteroatoms. The fourth-order valence-corrected chi connectivity index (χ4v) is 3.12. The van der Waals surface area contributed by atoms with Gasteiger partial charge in [-0.1, -0.05) is 30.3 Å². The molecule has 2 heterocycles. The second-order valence-electron chi connectivity index (χ2n) is 5.48. The predicted octanol–water partition coefficient (Wildman–Crippen LogP) is 3.88. The lowest BCUT2D eigenvalue weighted by molar-refractivity contribution is 0.809. The molecule has 3 N–H and O–H groups in total. The molecule has 0 aliphatic carbocycles. The Kier molecular flexibility index (Phi) is 2.54. The standard InChI is InChI=1S/C18H17N3/c1-12-6-4-9-15-17(12)20-18(16-10-5-11-21(15)16)13-7-2-3-8-14(13)19/h2-11,18,20H,19H2,1H3. The molecular formula is C18H17N3. The fraction of sp³-hybridized carbons (Fsp3) is 0.111. The average Bonchev–Trinajstić information content (AvgIpc) is 2.97. The number of para-hydroxylation sites is 2. The Morgan fingerprint density at radius 1 is 1.00 bits per heavy atom. The van der Waals surface area contributed by atoms with Crippen molar-refractivity contribution in [2.45, 2.75) is 13.0 Å². The summed E-state index contributed by atoms with van der Waals surface area (Å²) in [6, 6.07) is 18.7. The molecule has 3 nitrogen and oxygen atoms in total. The minimum absolute atomic E-state index is 0.0785. The van der Waals surface area contributed by atoms with Gasteiger partial charge >= 0.3 is 0 Å². The maximum Gasteiger partial charge on any atom is 0.0944 e. The van der Waals surface area contributed by atoms with Crippen molar-refractivity contribution in [3.05, 3.63) is 77.6 Å². The van der Waals surface area contributed by atoms with Crippen LogP contribution in [0.25, 0.3) is 5.69 Å². The zero-order chi connectivity index (χ0) is 14.4. The van der Waals surface area contributed by atoms with Crippen LogP contribution in [0.15, 0.2) is 60.8 Å². The van der Waals surface area contributed by atoms with Crippen LogP contribution in [0.1, 0.15) is 22.9 Å². The van der Waals surface area contributed by atoms with Gasteiger partial charge in [0.25, 0.3) is 0 Å². The Hall–Kier alpha value is -2.68. The van der Waals surface area contributed by atoms with Gasteiger partial charge in [0.15, 0.2) is 0 Å². The first-order valence-corrected chi connectivity index (χ1v) is 7.14. The molecule has 21 heavy (non-hydrogen) atoms. The zero-order valence-corrected chi connectivity index (χ0v) is 11.9. The number of nitrogens with two attached hydrogens (primary N) is 1. The van der Waals surface area contributed by atoms with Crippen molar-refractivity contribution in [1.29, 1.82) is 0 Å². The molecule has 1 aromatic heterocycles. The van der Waals surface area contributed by atoms with Crippen LogP contribution in [-0.4, -0.2) is 4.57 Å². The molecule has 0 spiro atoms. The molecule has 2 aromatic carbocycles. The van der Waals surface area contributed by atoms with E-state index in [2.05, 4.69) is 59.4 Å². The van der Waals surface area contributed by atoms with E-state index in [1.54, 1.807) is 0 Å². The van der Waals surface area contributed by atoms with Crippen molar-refractivity contribution in [2.24, 2.45) is 0 Å². The lowest BCUT2D eigenvalue weighted by atomic mass is 9.98. The van der Waals surface area contributed by atoms with Crippen LogP contribution in [0.4, 0.5) is 11.4 Å². The third-order valence-corrected chi connectivity index (χ3v) is 4.18. The highest BCUT2D eigenvalue weighted by atomic mass is 15.1. The Labute approximate surface area is 124 Å². The average molecular weight is 275 g/mol. The molecule has 0 fully saturated rings. The molecule has 3 aromatic rings. The summed E-state index contributed by atoms with van der Waals surface area (Å²) in [6.45, 7) is 2.13. The third kappa shape index (κ3) is 1.74. The van der Waals surface area contributed by atoms with E-state index in [9.17, 15) is 0 Å². The van der Waals surface area contributed by atoms with Crippen LogP contribution in [0.2, 0.25) is 0 Å². The number of benzene rings is 2. The largest absolute Gasteiger partial charge is 0.398 e. The van der Waals surface area contributed by atoms with Gasteiger partial charge < -0.3 is 15.6 Å². The minimum atomic E-state index is 0.0785. The molecule has 1 aliphatic rings. The Balaban J connectivity index is 1.94. The van der Waals surface area contributed by atoms with E-state index in [4.69, 9.17) is 5.73 Å². The summed E-state index contributed by atoms with van der Waals surface area (Å²) in [5, 5.41) is 3.66. The van der Waals surface area contributed by atoms with Crippen LogP contribution >= 0.6 is 0 Å². The number of aryl methyl sites for hydroxylation is 1. The molecule has 1 aliphatic heterocycles. The maximum absolute atomic E-state index is 6.19. The lowest BCUT2D eigenvalue weighted by Crippen LogP contribution is -2.23. The maximum atomic E-state index is 6.19. The first-order chi connectivity index (χ1) is 10.3. The first-order valence-electron chi connectivity index (χ1n) is 7.14. The quantitative estimate of drug-likeness (QED) is 0.662. The highest BCUT2D eigenvalue weighted by Crippen LogP contribution is 2.39. The van der Waals surface area contributed by atoms with Crippen LogP contribution in [-0.2, 0) is 0 Å². The molecule has 0 radical (unpaired) electrons. The van der Waals surface area contributed by atoms with Gasteiger partial charge in [-0.2, -0.15) is 0 Å². The van der Waals surface area contributed by atoms with Crippen molar-refractivity contribution in [2.75, 3.05) is 11.1 Å². The van der Waals surface area contributed by atoms with E-state index in [1.807, 2.05) is 18.2 Å². The monoisotopic (exact) mass is 275 g/mol. The van der Waals surface area contributed by atoms with Crippen molar-refractivity contribution in [3.63, 3.8) is 0 Å². The number of nitrogen functional groups attached to an aromatic ring is 1. The topological polar surface area (TPSA) is 43.0 Å². The van der Waals surface area contributed by atoms with Crippen LogP contribution in [0.3, 0.4) is 0 Å². The minimum Gasteiger partial charge on any atom is -0.398 e. The molecule has 4 rings (SSSR count). The Morgan fingerprint density at radius 2 is 1.86 bits per heavy atom. The van der Waals surface area contributed by atoms with E-state index >= 15 is 0 Å². The zero-order valence-electron chi connectivity index (χ0n) is 11.9. The molecule has 1 atom stereocenters. The molecule has 0 saturated carbocycles. The highest BCUT2D eigenvalue weighted by molar-refractivity contribution is 5.71. The van der Waals surface area contributed by atoms with Gasteiger partial charge in [0.05, 0.1) is 17.4 Å². The number of nitrogens with zero attached hydrogens (tertiary/aromatic N) is 1. The van der Waals surface area contributed by atoms with E-state index in [0.717, 1.165) is 11.3 Å². The summed E-state index contributed by atoms with van der Waals surface area (Å²) in [5.41, 5.74) is 12.9. The molecule has 0 bridgehead atoms. The van der Waals surface area contributed by atoms with E-state index < -0.39 is 0 Å². The summed E-state index contributed by atoms with van der Waals surface area (Å²) >= 11 is 0. The van der Waals surface area contributed by atoms with E-state index in [0.29, 0.717) is 0 Å².